The monoisotopic (exact) mass is 193 g/mol. The van der Waals surface area contributed by atoms with Gasteiger partial charge < -0.3 is 5.32 Å². The lowest BCUT2D eigenvalue weighted by atomic mass is 10.3. The highest BCUT2D eigenvalue weighted by molar-refractivity contribution is 5.04. The highest BCUT2D eigenvalue weighted by Crippen LogP contribution is 1.98. The Morgan fingerprint density at radius 2 is 1.86 bits per heavy atom. The van der Waals surface area contributed by atoms with Crippen LogP contribution in [0.5, 0.6) is 0 Å². The summed E-state index contributed by atoms with van der Waals surface area (Å²) in [6, 6.07) is 0. The van der Waals surface area contributed by atoms with Gasteiger partial charge in [-0.05, 0) is 19.4 Å². The van der Waals surface area contributed by atoms with Gasteiger partial charge >= 0.3 is 0 Å². The third-order valence-corrected chi connectivity index (χ3v) is 1.99. The standard InChI is InChI=1S/C11H19N3/c1-3-5-11-13-8-10(9-14-11)7-12-6-4-2/h8-9,12H,3-7H2,1-2H3. The molecular weight excluding hydrogens is 174 g/mol. The molecule has 0 radical (unpaired) electrons. The van der Waals surface area contributed by atoms with Gasteiger partial charge in [0, 0.05) is 30.9 Å². The highest BCUT2D eigenvalue weighted by atomic mass is 14.9. The molecule has 0 aliphatic rings. The number of nitrogens with zero attached hydrogens (tertiary/aromatic N) is 2. The Bertz CT molecular complexity index is 243. The fourth-order valence-electron chi connectivity index (χ4n) is 1.24. The summed E-state index contributed by atoms with van der Waals surface area (Å²) in [7, 11) is 0. The van der Waals surface area contributed by atoms with Crippen molar-refractivity contribution in [2.75, 3.05) is 6.54 Å². The number of aryl methyl sites for hydroxylation is 1. The summed E-state index contributed by atoms with van der Waals surface area (Å²) in [5.41, 5.74) is 1.17. The minimum atomic E-state index is 0.875. The van der Waals surface area contributed by atoms with Gasteiger partial charge in [-0.15, -0.1) is 0 Å². The topological polar surface area (TPSA) is 37.8 Å². The Labute approximate surface area is 86.0 Å². The molecule has 0 aliphatic carbocycles. The Kier molecular flexibility index (Phi) is 5.15. The van der Waals surface area contributed by atoms with Crippen LogP contribution in [0.3, 0.4) is 0 Å². The largest absolute Gasteiger partial charge is 0.313 e. The first-order valence-electron chi connectivity index (χ1n) is 5.37. The van der Waals surface area contributed by atoms with Crippen molar-refractivity contribution in [3.63, 3.8) is 0 Å². The molecule has 0 aromatic carbocycles. The van der Waals surface area contributed by atoms with Crippen LogP contribution in [0.15, 0.2) is 12.4 Å². The van der Waals surface area contributed by atoms with Gasteiger partial charge in [-0.2, -0.15) is 0 Å². The Hall–Kier alpha value is -0.960. The second kappa shape index (κ2) is 6.49. The van der Waals surface area contributed by atoms with E-state index in [2.05, 4.69) is 29.1 Å². The first kappa shape index (κ1) is 11.1. The minimum absolute atomic E-state index is 0.875. The summed E-state index contributed by atoms with van der Waals surface area (Å²) in [6.45, 7) is 6.23. The van der Waals surface area contributed by atoms with Crippen LogP contribution in [-0.4, -0.2) is 16.5 Å². The lowest BCUT2D eigenvalue weighted by Crippen LogP contribution is -2.14. The molecule has 3 nitrogen and oxygen atoms in total. The molecule has 0 atom stereocenters. The van der Waals surface area contributed by atoms with Crippen molar-refractivity contribution in [1.29, 1.82) is 0 Å². The van der Waals surface area contributed by atoms with Gasteiger partial charge in [0.05, 0.1) is 0 Å². The minimum Gasteiger partial charge on any atom is -0.313 e. The van der Waals surface area contributed by atoms with E-state index < -0.39 is 0 Å². The molecule has 14 heavy (non-hydrogen) atoms. The Morgan fingerprint density at radius 1 is 1.14 bits per heavy atom. The zero-order chi connectivity index (χ0) is 10.2. The first-order chi connectivity index (χ1) is 6.86. The SMILES string of the molecule is CCCNCc1cnc(CCC)nc1. The molecule has 0 bridgehead atoms. The van der Waals surface area contributed by atoms with E-state index in [1.54, 1.807) is 0 Å². The Balaban J connectivity index is 2.38. The molecule has 3 heteroatoms. The van der Waals surface area contributed by atoms with E-state index in [4.69, 9.17) is 0 Å². The third-order valence-electron chi connectivity index (χ3n) is 1.99. The molecule has 1 aromatic rings. The average molecular weight is 193 g/mol. The second-order valence-electron chi connectivity index (χ2n) is 3.43. The van der Waals surface area contributed by atoms with Crippen LogP contribution >= 0.6 is 0 Å². The van der Waals surface area contributed by atoms with Crippen LogP contribution in [0, 0.1) is 0 Å². The lowest BCUT2D eigenvalue weighted by Gasteiger charge is -2.03. The van der Waals surface area contributed by atoms with Crippen molar-refractivity contribution >= 4 is 0 Å². The normalized spacial score (nSPS) is 10.4. The van der Waals surface area contributed by atoms with E-state index in [1.165, 1.54) is 5.56 Å². The Morgan fingerprint density at radius 3 is 2.43 bits per heavy atom. The first-order valence-corrected chi connectivity index (χ1v) is 5.37. The maximum atomic E-state index is 4.30. The van der Waals surface area contributed by atoms with Crippen LogP contribution < -0.4 is 5.32 Å². The molecule has 0 fully saturated rings. The van der Waals surface area contributed by atoms with Gasteiger partial charge in [0.2, 0.25) is 0 Å². The van der Waals surface area contributed by atoms with E-state index in [-0.39, 0.29) is 0 Å². The van der Waals surface area contributed by atoms with Crippen LogP contribution in [0.25, 0.3) is 0 Å². The van der Waals surface area contributed by atoms with Gasteiger partial charge in [0.25, 0.3) is 0 Å². The van der Waals surface area contributed by atoms with Crippen LogP contribution in [-0.2, 0) is 13.0 Å². The number of nitrogens with one attached hydrogen (secondary N) is 1. The van der Waals surface area contributed by atoms with E-state index >= 15 is 0 Å². The molecule has 1 rings (SSSR count). The van der Waals surface area contributed by atoms with Crippen LogP contribution in [0.4, 0.5) is 0 Å². The number of aromatic nitrogens is 2. The van der Waals surface area contributed by atoms with Gasteiger partial charge in [-0.3, -0.25) is 0 Å². The maximum absolute atomic E-state index is 4.30. The van der Waals surface area contributed by atoms with Crippen LogP contribution in [0.1, 0.15) is 38.1 Å². The second-order valence-corrected chi connectivity index (χ2v) is 3.43. The molecule has 0 aliphatic heterocycles. The van der Waals surface area contributed by atoms with Crippen LogP contribution in [0.2, 0.25) is 0 Å². The molecule has 1 heterocycles. The average Bonchev–Trinajstić information content (AvgIpc) is 2.21. The number of hydrogen-bond donors (Lipinski definition) is 1. The predicted molar refractivity (Wildman–Crippen MR) is 58.0 cm³/mol. The molecule has 78 valence electrons. The van der Waals surface area contributed by atoms with E-state index in [1.807, 2.05) is 12.4 Å². The summed E-state index contributed by atoms with van der Waals surface area (Å²) >= 11 is 0. The van der Waals surface area contributed by atoms with Crippen molar-refractivity contribution in [2.24, 2.45) is 0 Å². The molecule has 1 N–H and O–H groups in total. The predicted octanol–water partition coefficient (Wildman–Crippen LogP) is 1.93. The fourth-order valence-corrected chi connectivity index (χ4v) is 1.24. The van der Waals surface area contributed by atoms with Gasteiger partial charge in [0.15, 0.2) is 0 Å². The van der Waals surface area contributed by atoms with Gasteiger partial charge in [-0.1, -0.05) is 13.8 Å². The summed E-state index contributed by atoms with van der Waals surface area (Å²) in [5.74, 6) is 0.951. The zero-order valence-electron chi connectivity index (χ0n) is 9.08. The molecule has 0 unspecified atom stereocenters. The van der Waals surface area contributed by atoms with Crippen molar-refractivity contribution < 1.29 is 0 Å². The molecule has 0 saturated heterocycles. The van der Waals surface area contributed by atoms with Crippen molar-refractivity contribution in [3.8, 4) is 0 Å². The van der Waals surface area contributed by atoms with Crippen molar-refractivity contribution in [3.05, 3.63) is 23.8 Å². The van der Waals surface area contributed by atoms with Crippen molar-refractivity contribution in [2.45, 2.75) is 39.7 Å². The summed E-state index contributed by atoms with van der Waals surface area (Å²) in [6.07, 6.45) is 7.08. The van der Waals surface area contributed by atoms with Gasteiger partial charge in [-0.25, -0.2) is 9.97 Å². The summed E-state index contributed by atoms with van der Waals surface area (Å²) in [5, 5.41) is 3.32. The zero-order valence-corrected chi connectivity index (χ0v) is 9.08. The molecular formula is C11H19N3. The quantitative estimate of drug-likeness (QED) is 0.701. The number of hydrogen-bond acceptors (Lipinski definition) is 3. The highest BCUT2D eigenvalue weighted by Gasteiger charge is 1.96. The maximum Gasteiger partial charge on any atom is 0.128 e. The molecule has 1 aromatic heterocycles. The summed E-state index contributed by atoms with van der Waals surface area (Å²) < 4.78 is 0. The smallest absolute Gasteiger partial charge is 0.128 e. The van der Waals surface area contributed by atoms with Crippen molar-refractivity contribution in [1.82, 2.24) is 15.3 Å². The molecule has 0 amide bonds. The number of rotatable bonds is 6. The third kappa shape index (κ3) is 3.83. The van der Waals surface area contributed by atoms with E-state index in [0.29, 0.717) is 0 Å². The molecule has 0 spiro atoms. The van der Waals surface area contributed by atoms with E-state index in [9.17, 15) is 0 Å². The summed E-state index contributed by atoms with van der Waals surface area (Å²) in [4.78, 5) is 8.59. The molecule has 0 saturated carbocycles. The van der Waals surface area contributed by atoms with E-state index in [0.717, 1.165) is 38.2 Å². The van der Waals surface area contributed by atoms with Gasteiger partial charge in [0.1, 0.15) is 5.82 Å². The fraction of sp³-hybridized carbons (Fsp3) is 0.636. The lowest BCUT2D eigenvalue weighted by molar-refractivity contribution is 0.669.